The molecule has 3 rings (SSSR count). The number of anilines is 2. The van der Waals surface area contributed by atoms with E-state index in [0.717, 1.165) is 37.6 Å². The average Bonchev–Trinajstić information content (AvgIpc) is 2.67. The van der Waals surface area contributed by atoms with E-state index < -0.39 is 11.8 Å². The highest BCUT2D eigenvalue weighted by molar-refractivity contribution is 6.34. The van der Waals surface area contributed by atoms with Gasteiger partial charge in [-0.25, -0.2) is 4.98 Å². The van der Waals surface area contributed by atoms with Gasteiger partial charge >= 0.3 is 11.8 Å². The van der Waals surface area contributed by atoms with Crippen molar-refractivity contribution in [2.45, 2.75) is 13.5 Å². The predicted octanol–water partition coefficient (Wildman–Crippen LogP) is 0.818. The van der Waals surface area contributed by atoms with E-state index in [1.165, 1.54) is 11.3 Å². The summed E-state index contributed by atoms with van der Waals surface area (Å²) < 4.78 is 0. The first kappa shape index (κ1) is 17.7. The first-order valence-corrected chi connectivity index (χ1v) is 8.63. The van der Waals surface area contributed by atoms with E-state index in [-0.39, 0.29) is 6.54 Å². The molecule has 1 aliphatic heterocycles. The number of piperazine rings is 1. The van der Waals surface area contributed by atoms with Gasteiger partial charge in [0.15, 0.2) is 0 Å². The number of benzene rings is 1. The third-order valence-corrected chi connectivity index (χ3v) is 4.57. The number of nitrogens with zero attached hydrogens (tertiary/aromatic N) is 3. The minimum Gasteiger partial charge on any atom is -0.368 e. The zero-order valence-corrected chi connectivity index (χ0v) is 14.8. The van der Waals surface area contributed by atoms with Crippen molar-refractivity contribution >= 4 is 23.3 Å². The normalized spacial score (nSPS) is 14.2. The van der Waals surface area contributed by atoms with E-state index in [9.17, 15) is 9.59 Å². The number of aromatic nitrogens is 1. The van der Waals surface area contributed by atoms with Crippen molar-refractivity contribution in [2.24, 2.45) is 5.73 Å². The van der Waals surface area contributed by atoms with Gasteiger partial charge in [0, 0.05) is 50.2 Å². The molecule has 136 valence electrons. The van der Waals surface area contributed by atoms with Crippen LogP contribution in [0, 0.1) is 6.92 Å². The number of carbonyl (C=O) groups excluding carboxylic acids is 2. The number of pyridine rings is 1. The Morgan fingerprint density at radius 3 is 2.46 bits per heavy atom. The standard InChI is InChI=1S/C19H23N5O2/c1-14-5-2-3-7-16(14)23-9-11-24(12-10-23)18-15(6-4-8-21-18)13-22-19(26)17(20)25/h2-8H,9-13H2,1H3,(H2,20,25)(H,22,26). The molecule has 3 N–H and O–H groups in total. The van der Waals surface area contributed by atoms with Gasteiger partial charge in [-0.2, -0.15) is 0 Å². The lowest BCUT2D eigenvalue weighted by Gasteiger charge is -2.38. The summed E-state index contributed by atoms with van der Waals surface area (Å²) in [6.07, 6.45) is 1.74. The predicted molar refractivity (Wildman–Crippen MR) is 101 cm³/mol. The fourth-order valence-electron chi connectivity index (χ4n) is 3.19. The van der Waals surface area contributed by atoms with Gasteiger partial charge in [0.05, 0.1) is 0 Å². The molecule has 1 aliphatic rings. The Morgan fingerprint density at radius 1 is 1.08 bits per heavy atom. The van der Waals surface area contributed by atoms with Crippen LogP contribution in [0.2, 0.25) is 0 Å². The maximum Gasteiger partial charge on any atom is 0.309 e. The lowest BCUT2D eigenvalue weighted by molar-refractivity contribution is -0.137. The van der Waals surface area contributed by atoms with Gasteiger partial charge in [-0.1, -0.05) is 24.3 Å². The van der Waals surface area contributed by atoms with Crippen molar-refractivity contribution in [3.05, 3.63) is 53.7 Å². The molecule has 2 amide bonds. The largest absolute Gasteiger partial charge is 0.368 e. The summed E-state index contributed by atoms with van der Waals surface area (Å²) in [5, 5.41) is 2.53. The summed E-state index contributed by atoms with van der Waals surface area (Å²) in [5.74, 6) is -0.937. The van der Waals surface area contributed by atoms with E-state index in [1.807, 2.05) is 12.1 Å². The van der Waals surface area contributed by atoms with Crippen LogP contribution in [-0.2, 0) is 16.1 Å². The van der Waals surface area contributed by atoms with Gasteiger partial charge in [0.25, 0.3) is 0 Å². The molecule has 0 atom stereocenters. The molecule has 2 aromatic rings. The fourth-order valence-corrected chi connectivity index (χ4v) is 3.19. The van der Waals surface area contributed by atoms with Crippen LogP contribution in [0.1, 0.15) is 11.1 Å². The van der Waals surface area contributed by atoms with Gasteiger partial charge in [0.2, 0.25) is 0 Å². The van der Waals surface area contributed by atoms with Gasteiger partial charge in [-0.3, -0.25) is 9.59 Å². The molecule has 0 spiro atoms. The zero-order valence-electron chi connectivity index (χ0n) is 14.8. The molecule has 0 aliphatic carbocycles. The van der Waals surface area contributed by atoms with Crippen LogP contribution >= 0.6 is 0 Å². The van der Waals surface area contributed by atoms with Crippen LogP contribution in [0.5, 0.6) is 0 Å². The van der Waals surface area contributed by atoms with Crippen molar-refractivity contribution in [3.8, 4) is 0 Å². The number of rotatable bonds is 4. The van der Waals surface area contributed by atoms with E-state index in [2.05, 4.69) is 51.3 Å². The highest BCUT2D eigenvalue weighted by atomic mass is 16.2. The zero-order chi connectivity index (χ0) is 18.5. The number of hydrogen-bond acceptors (Lipinski definition) is 5. The maximum absolute atomic E-state index is 11.4. The van der Waals surface area contributed by atoms with E-state index in [1.54, 1.807) is 6.20 Å². The molecule has 1 saturated heterocycles. The number of amides is 2. The Hall–Kier alpha value is -3.09. The van der Waals surface area contributed by atoms with Crippen molar-refractivity contribution in [3.63, 3.8) is 0 Å². The summed E-state index contributed by atoms with van der Waals surface area (Å²) in [6, 6.07) is 12.1. The summed E-state index contributed by atoms with van der Waals surface area (Å²) in [5.41, 5.74) is 8.39. The molecule has 0 radical (unpaired) electrons. The van der Waals surface area contributed by atoms with E-state index in [4.69, 9.17) is 5.73 Å². The molecule has 1 fully saturated rings. The molecule has 1 aromatic carbocycles. The maximum atomic E-state index is 11.4. The smallest absolute Gasteiger partial charge is 0.309 e. The topological polar surface area (TPSA) is 91.6 Å². The second-order valence-electron chi connectivity index (χ2n) is 6.29. The van der Waals surface area contributed by atoms with E-state index in [0.29, 0.717) is 0 Å². The second-order valence-corrected chi connectivity index (χ2v) is 6.29. The Labute approximate surface area is 152 Å². The molecule has 7 heteroatoms. The van der Waals surface area contributed by atoms with Crippen LogP contribution in [0.3, 0.4) is 0 Å². The van der Waals surface area contributed by atoms with Gasteiger partial charge in [-0.05, 0) is 24.6 Å². The van der Waals surface area contributed by atoms with Crippen LogP contribution in [0.4, 0.5) is 11.5 Å². The summed E-state index contributed by atoms with van der Waals surface area (Å²) in [6.45, 7) is 5.82. The number of nitrogens with two attached hydrogens (primary N) is 1. The van der Waals surface area contributed by atoms with Crippen molar-refractivity contribution < 1.29 is 9.59 Å². The third kappa shape index (κ3) is 3.93. The number of primary amides is 1. The SMILES string of the molecule is Cc1ccccc1N1CCN(c2ncccc2CNC(=O)C(N)=O)CC1. The molecule has 26 heavy (non-hydrogen) atoms. The highest BCUT2D eigenvalue weighted by Gasteiger charge is 2.21. The lowest BCUT2D eigenvalue weighted by Crippen LogP contribution is -2.47. The van der Waals surface area contributed by atoms with Gasteiger partial charge in [0.1, 0.15) is 5.82 Å². The van der Waals surface area contributed by atoms with Gasteiger partial charge in [-0.15, -0.1) is 0 Å². The number of aryl methyl sites for hydroxylation is 1. The number of nitrogens with one attached hydrogen (secondary N) is 1. The van der Waals surface area contributed by atoms with Crippen LogP contribution in [0.25, 0.3) is 0 Å². The summed E-state index contributed by atoms with van der Waals surface area (Å²) in [4.78, 5) is 31.4. The summed E-state index contributed by atoms with van der Waals surface area (Å²) >= 11 is 0. The molecule has 7 nitrogen and oxygen atoms in total. The molecular weight excluding hydrogens is 330 g/mol. The number of carbonyl (C=O) groups is 2. The van der Waals surface area contributed by atoms with Crippen molar-refractivity contribution in [1.29, 1.82) is 0 Å². The first-order valence-electron chi connectivity index (χ1n) is 8.63. The molecule has 2 heterocycles. The Morgan fingerprint density at radius 2 is 1.77 bits per heavy atom. The number of hydrogen-bond donors (Lipinski definition) is 2. The Bertz CT molecular complexity index is 800. The molecular formula is C19H23N5O2. The van der Waals surface area contributed by atoms with Gasteiger partial charge < -0.3 is 20.9 Å². The minimum absolute atomic E-state index is 0.225. The average molecular weight is 353 g/mol. The third-order valence-electron chi connectivity index (χ3n) is 4.57. The summed E-state index contributed by atoms with van der Waals surface area (Å²) in [7, 11) is 0. The molecule has 0 bridgehead atoms. The van der Waals surface area contributed by atoms with Crippen LogP contribution < -0.4 is 20.9 Å². The van der Waals surface area contributed by atoms with Crippen LogP contribution in [0.15, 0.2) is 42.6 Å². The van der Waals surface area contributed by atoms with Crippen molar-refractivity contribution in [2.75, 3.05) is 36.0 Å². The lowest BCUT2D eigenvalue weighted by atomic mass is 10.1. The highest BCUT2D eigenvalue weighted by Crippen LogP contribution is 2.24. The van der Waals surface area contributed by atoms with E-state index >= 15 is 0 Å². The monoisotopic (exact) mass is 353 g/mol. The molecule has 0 saturated carbocycles. The second kappa shape index (κ2) is 7.86. The van der Waals surface area contributed by atoms with Crippen molar-refractivity contribution in [1.82, 2.24) is 10.3 Å². The Balaban J connectivity index is 1.67. The number of para-hydroxylation sites is 1. The molecule has 0 unspecified atom stereocenters. The fraction of sp³-hybridized carbons (Fsp3) is 0.316. The molecule has 1 aromatic heterocycles. The minimum atomic E-state index is -0.984. The quantitative estimate of drug-likeness (QED) is 0.794. The Kier molecular flexibility index (Phi) is 5.36. The first-order chi connectivity index (χ1) is 12.6. The van der Waals surface area contributed by atoms with Crippen LogP contribution in [-0.4, -0.2) is 43.0 Å².